The van der Waals surface area contributed by atoms with Crippen LogP contribution >= 0.6 is 11.3 Å². The van der Waals surface area contributed by atoms with E-state index in [9.17, 15) is 9.59 Å². The smallest absolute Gasteiger partial charge is 0.325 e. The first-order chi connectivity index (χ1) is 9.61. The number of nitrogens with one attached hydrogen (secondary N) is 1. The van der Waals surface area contributed by atoms with Gasteiger partial charge in [0.1, 0.15) is 12.2 Å². The fourth-order valence-corrected chi connectivity index (χ4v) is 2.60. The van der Waals surface area contributed by atoms with Gasteiger partial charge in [-0.2, -0.15) is 0 Å². The number of thiazole rings is 1. The molecule has 6 heteroatoms. The van der Waals surface area contributed by atoms with Crippen molar-refractivity contribution in [3.8, 4) is 10.4 Å². The minimum atomic E-state index is -0.494. The maximum atomic E-state index is 12.1. The highest BCUT2D eigenvalue weighted by atomic mass is 32.1. The summed E-state index contributed by atoms with van der Waals surface area (Å²) in [5, 5.41) is 3.30. The van der Waals surface area contributed by atoms with E-state index in [1.807, 2.05) is 37.3 Å². The number of hydrogen-bond acceptors (Lipinski definition) is 5. The molecule has 104 valence electrons. The predicted molar refractivity (Wildman–Crippen MR) is 76.6 cm³/mol. The molecule has 2 aromatic rings. The lowest BCUT2D eigenvalue weighted by Crippen LogP contribution is -2.30. The number of amides is 1. The normalized spacial score (nSPS) is 10.1. The number of benzene rings is 1. The lowest BCUT2D eigenvalue weighted by molar-refractivity contribution is -0.139. The highest BCUT2D eigenvalue weighted by molar-refractivity contribution is 7.15. The molecule has 0 spiro atoms. The number of ether oxygens (including phenoxy) is 1. The van der Waals surface area contributed by atoms with Gasteiger partial charge >= 0.3 is 5.97 Å². The van der Waals surface area contributed by atoms with E-state index in [1.54, 1.807) is 0 Å². The molecule has 0 fully saturated rings. The van der Waals surface area contributed by atoms with Crippen molar-refractivity contribution < 1.29 is 14.3 Å². The largest absolute Gasteiger partial charge is 0.468 e. The van der Waals surface area contributed by atoms with E-state index >= 15 is 0 Å². The number of carbonyl (C=O) groups is 2. The topological polar surface area (TPSA) is 68.3 Å². The number of carbonyl (C=O) groups excluding carboxylic acids is 2. The van der Waals surface area contributed by atoms with Crippen LogP contribution < -0.4 is 5.32 Å². The standard InChI is InChI=1S/C14H14N2O3S/c1-9-16-12(14(18)15-8-11(17)19-2)13(20-9)10-6-4-3-5-7-10/h3-7H,8H2,1-2H3,(H,15,18). The molecular formula is C14H14N2O3S. The molecule has 1 heterocycles. The molecule has 0 saturated heterocycles. The zero-order valence-corrected chi connectivity index (χ0v) is 12.0. The molecule has 0 unspecified atom stereocenters. The number of methoxy groups -OCH3 is 1. The zero-order chi connectivity index (χ0) is 14.5. The van der Waals surface area contributed by atoms with Gasteiger partial charge in [-0.3, -0.25) is 9.59 Å². The van der Waals surface area contributed by atoms with Gasteiger partial charge in [0.05, 0.1) is 17.0 Å². The van der Waals surface area contributed by atoms with Crippen LogP contribution in [0.5, 0.6) is 0 Å². The van der Waals surface area contributed by atoms with Crippen LogP contribution in [0, 0.1) is 6.92 Å². The van der Waals surface area contributed by atoms with Gasteiger partial charge in [0.15, 0.2) is 0 Å². The monoisotopic (exact) mass is 290 g/mol. The Kier molecular flexibility index (Phi) is 4.47. The Morgan fingerprint density at radius 2 is 2.00 bits per heavy atom. The first-order valence-corrected chi connectivity index (χ1v) is 6.81. The van der Waals surface area contributed by atoms with Gasteiger partial charge in [0.25, 0.3) is 5.91 Å². The Labute approximate surface area is 120 Å². The number of rotatable bonds is 4. The number of aromatic nitrogens is 1. The lowest BCUT2D eigenvalue weighted by atomic mass is 10.1. The third-order valence-corrected chi connectivity index (χ3v) is 3.63. The van der Waals surface area contributed by atoms with Crippen LogP contribution in [0.25, 0.3) is 10.4 Å². The summed E-state index contributed by atoms with van der Waals surface area (Å²) in [4.78, 5) is 28.2. The van der Waals surface area contributed by atoms with Crippen molar-refractivity contribution in [2.24, 2.45) is 0 Å². The molecule has 0 aliphatic heterocycles. The summed E-state index contributed by atoms with van der Waals surface area (Å²) in [6, 6.07) is 9.56. The van der Waals surface area contributed by atoms with E-state index in [-0.39, 0.29) is 12.5 Å². The van der Waals surface area contributed by atoms with Crippen molar-refractivity contribution in [2.75, 3.05) is 13.7 Å². The number of esters is 1. The molecule has 20 heavy (non-hydrogen) atoms. The molecule has 0 radical (unpaired) electrons. The van der Waals surface area contributed by atoms with Gasteiger partial charge in [-0.25, -0.2) is 4.98 Å². The van der Waals surface area contributed by atoms with Gasteiger partial charge < -0.3 is 10.1 Å². The van der Waals surface area contributed by atoms with Crippen molar-refractivity contribution in [2.45, 2.75) is 6.92 Å². The fraction of sp³-hybridized carbons (Fsp3) is 0.214. The van der Waals surface area contributed by atoms with E-state index in [4.69, 9.17) is 0 Å². The molecule has 0 aliphatic rings. The van der Waals surface area contributed by atoms with Crippen LogP contribution in [-0.2, 0) is 9.53 Å². The van der Waals surface area contributed by atoms with Gasteiger partial charge in [-0.15, -0.1) is 11.3 Å². The fourth-order valence-electron chi connectivity index (χ4n) is 1.67. The molecule has 0 atom stereocenters. The summed E-state index contributed by atoms with van der Waals surface area (Å²) in [7, 11) is 1.27. The summed E-state index contributed by atoms with van der Waals surface area (Å²) in [5.41, 5.74) is 1.27. The summed E-state index contributed by atoms with van der Waals surface area (Å²) < 4.78 is 4.49. The summed E-state index contributed by atoms with van der Waals surface area (Å²) >= 11 is 1.45. The van der Waals surface area contributed by atoms with E-state index in [2.05, 4.69) is 15.0 Å². The number of hydrogen-bond donors (Lipinski definition) is 1. The van der Waals surface area contributed by atoms with E-state index in [0.717, 1.165) is 15.4 Å². The van der Waals surface area contributed by atoms with Crippen LogP contribution in [-0.4, -0.2) is 30.5 Å². The van der Waals surface area contributed by atoms with Crippen molar-refractivity contribution >= 4 is 23.2 Å². The first kappa shape index (κ1) is 14.2. The maximum absolute atomic E-state index is 12.1. The Balaban J connectivity index is 2.24. The van der Waals surface area contributed by atoms with Crippen LogP contribution in [0.4, 0.5) is 0 Å². The average molecular weight is 290 g/mol. The molecule has 5 nitrogen and oxygen atoms in total. The molecule has 0 aliphatic carbocycles. The second-order valence-electron chi connectivity index (χ2n) is 4.04. The van der Waals surface area contributed by atoms with Crippen LogP contribution in [0.2, 0.25) is 0 Å². The molecule has 0 saturated carbocycles. The average Bonchev–Trinajstić information content (AvgIpc) is 2.87. The van der Waals surface area contributed by atoms with Crippen molar-refractivity contribution in [3.63, 3.8) is 0 Å². The number of aryl methyl sites for hydroxylation is 1. The summed E-state index contributed by atoms with van der Waals surface area (Å²) in [6.45, 7) is 1.67. The highest BCUT2D eigenvalue weighted by Gasteiger charge is 2.18. The first-order valence-electron chi connectivity index (χ1n) is 5.99. The van der Waals surface area contributed by atoms with Crippen LogP contribution in [0.1, 0.15) is 15.5 Å². The molecule has 1 amide bonds. The second kappa shape index (κ2) is 6.29. The minimum absolute atomic E-state index is 0.167. The third kappa shape index (κ3) is 3.21. The van der Waals surface area contributed by atoms with Gasteiger partial charge in [0.2, 0.25) is 0 Å². The maximum Gasteiger partial charge on any atom is 0.325 e. The van der Waals surface area contributed by atoms with Crippen molar-refractivity contribution in [1.29, 1.82) is 0 Å². The molecule has 0 bridgehead atoms. The summed E-state index contributed by atoms with van der Waals surface area (Å²) in [5.74, 6) is -0.870. The van der Waals surface area contributed by atoms with Crippen molar-refractivity contribution in [1.82, 2.24) is 10.3 Å². The summed E-state index contributed by atoms with van der Waals surface area (Å²) in [6.07, 6.45) is 0. The Bertz CT molecular complexity index is 623. The van der Waals surface area contributed by atoms with E-state index in [0.29, 0.717) is 5.69 Å². The van der Waals surface area contributed by atoms with Gasteiger partial charge in [-0.05, 0) is 12.5 Å². The Hall–Kier alpha value is -2.21. The Morgan fingerprint density at radius 1 is 1.30 bits per heavy atom. The van der Waals surface area contributed by atoms with E-state index < -0.39 is 5.97 Å². The van der Waals surface area contributed by atoms with Crippen LogP contribution in [0.15, 0.2) is 30.3 Å². The molecule has 1 N–H and O–H groups in total. The predicted octanol–water partition coefficient (Wildman–Crippen LogP) is 2.02. The lowest BCUT2D eigenvalue weighted by Gasteiger charge is -2.04. The van der Waals surface area contributed by atoms with Crippen molar-refractivity contribution in [3.05, 3.63) is 41.0 Å². The SMILES string of the molecule is COC(=O)CNC(=O)c1nc(C)sc1-c1ccccc1. The minimum Gasteiger partial charge on any atom is -0.468 e. The van der Waals surface area contributed by atoms with Gasteiger partial charge in [-0.1, -0.05) is 30.3 Å². The van der Waals surface area contributed by atoms with E-state index in [1.165, 1.54) is 18.4 Å². The van der Waals surface area contributed by atoms with Gasteiger partial charge in [0, 0.05) is 0 Å². The number of nitrogens with zero attached hydrogens (tertiary/aromatic N) is 1. The quantitative estimate of drug-likeness (QED) is 0.875. The van der Waals surface area contributed by atoms with Crippen LogP contribution in [0.3, 0.4) is 0 Å². The Morgan fingerprint density at radius 3 is 2.65 bits per heavy atom. The molecule has 1 aromatic carbocycles. The molecular weight excluding hydrogens is 276 g/mol. The zero-order valence-electron chi connectivity index (χ0n) is 11.2. The molecule has 1 aromatic heterocycles. The second-order valence-corrected chi connectivity index (χ2v) is 5.24. The highest BCUT2D eigenvalue weighted by Crippen LogP contribution is 2.29. The third-order valence-electron chi connectivity index (χ3n) is 2.61. The molecule has 2 rings (SSSR count).